The predicted octanol–water partition coefficient (Wildman–Crippen LogP) is 2.09. The van der Waals surface area contributed by atoms with Gasteiger partial charge in [0.15, 0.2) is 5.16 Å². The van der Waals surface area contributed by atoms with Gasteiger partial charge in [0.2, 0.25) is 0 Å². The van der Waals surface area contributed by atoms with Crippen molar-refractivity contribution in [3.05, 3.63) is 35.9 Å². The fourth-order valence-electron chi connectivity index (χ4n) is 1.80. The molecule has 2 aromatic rings. The van der Waals surface area contributed by atoms with E-state index in [2.05, 4.69) is 22.0 Å². The van der Waals surface area contributed by atoms with Gasteiger partial charge >= 0.3 is 0 Å². The van der Waals surface area contributed by atoms with Crippen LogP contribution in [0.1, 0.15) is 29.9 Å². The Kier molecular flexibility index (Phi) is 4.55. The Morgan fingerprint density at radius 1 is 1.47 bits per heavy atom. The molecule has 2 N–H and O–H groups in total. The zero-order valence-electron chi connectivity index (χ0n) is 11.4. The minimum absolute atomic E-state index is 0.0540. The lowest BCUT2D eigenvalue weighted by Crippen LogP contribution is -2.25. The van der Waals surface area contributed by atoms with Gasteiger partial charge in [-0.3, -0.25) is 4.68 Å². The standard InChI is InChI=1S/C13H19N5S/c1-4-11(14)12(10-7-16-18(3)8-10)19-13-15-6-5-9(2)17-13/h5-8,11-12H,4,14H2,1-3H3. The first-order chi connectivity index (χ1) is 9.10. The van der Waals surface area contributed by atoms with Gasteiger partial charge in [-0.05, 0) is 19.4 Å². The maximum atomic E-state index is 6.23. The molecule has 0 saturated heterocycles. The Hall–Kier alpha value is -1.40. The third kappa shape index (κ3) is 3.54. The number of aromatic nitrogens is 4. The van der Waals surface area contributed by atoms with Gasteiger partial charge in [0.25, 0.3) is 0 Å². The van der Waals surface area contributed by atoms with Gasteiger partial charge in [0.1, 0.15) is 0 Å². The number of nitrogens with zero attached hydrogens (tertiary/aromatic N) is 4. The van der Waals surface area contributed by atoms with E-state index in [0.717, 1.165) is 22.8 Å². The van der Waals surface area contributed by atoms with Gasteiger partial charge in [0.05, 0.1) is 11.4 Å². The topological polar surface area (TPSA) is 69.6 Å². The molecule has 0 spiro atoms. The van der Waals surface area contributed by atoms with Crippen LogP contribution in [0.25, 0.3) is 0 Å². The molecule has 0 aliphatic rings. The van der Waals surface area contributed by atoms with Crippen LogP contribution < -0.4 is 5.73 Å². The van der Waals surface area contributed by atoms with Gasteiger partial charge in [-0.25, -0.2) is 9.97 Å². The quantitative estimate of drug-likeness (QED) is 0.669. The molecule has 2 heterocycles. The van der Waals surface area contributed by atoms with E-state index in [0.29, 0.717) is 0 Å². The third-order valence-corrected chi connectivity index (χ3v) is 4.20. The lowest BCUT2D eigenvalue weighted by Gasteiger charge is -2.20. The zero-order chi connectivity index (χ0) is 13.8. The number of aryl methyl sites for hydroxylation is 2. The monoisotopic (exact) mass is 277 g/mol. The summed E-state index contributed by atoms with van der Waals surface area (Å²) in [5.74, 6) is 0. The van der Waals surface area contributed by atoms with Crippen LogP contribution in [0.2, 0.25) is 0 Å². The molecular weight excluding hydrogens is 258 g/mol. The summed E-state index contributed by atoms with van der Waals surface area (Å²) in [6, 6.07) is 1.95. The van der Waals surface area contributed by atoms with Crippen LogP contribution in [0.3, 0.4) is 0 Å². The lowest BCUT2D eigenvalue weighted by molar-refractivity contribution is 0.631. The molecule has 0 aromatic carbocycles. The number of thioether (sulfide) groups is 1. The normalized spacial score (nSPS) is 14.3. The summed E-state index contributed by atoms with van der Waals surface area (Å²) in [6.45, 7) is 4.05. The maximum absolute atomic E-state index is 6.23. The van der Waals surface area contributed by atoms with Crippen molar-refractivity contribution in [2.24, 2.45) is 12.8 Å². The highest BCUT2D eigenvalue weighted by Gasteiger charge is 2.22. The summed E-state index contributed by atoms with van der Waals surface area (Å²) in [7, 11) is 1.91. The van der Waals surface area contributed by atoms with E-state index in [9.17, 15) is 0 Å². The smallest absolute Gasteiger partial charge is 0.188 e. The molecule has 0 radical (unpaired) electrons. The minimum atomic E-state index is 0.0540. The van der Waals surface area contributed by atoms with Crippen molar-refractivity contribution in [1.82, 2.24) is 19.7 Å². The van der Waals surface area contributed by atoms with Gasteiger partial charge in [-0.1, -0.05) is 18.7 Å². The Morgan fingerprint density at radius 3 is 2.84 bits per heavy atom. The summed E-state index contributed by atoms with van der Waals surface area (Å²) in [4.78, 5) is 8.73. The largest absolute Gasteiger partial charge is 0.326 e. The summed E-state index contributed by atoms with van der Waals surface area (Å²) in [6.07, 6.45) is 6.55. The Labute approximate surface area is 117 Å². The average molecular weight is 277 g/mol. The van der Waals surface area contributed by atoms with E-state index in [1.54, 1.807) is 22.6 Å². The third-order valence-electron chi connectivity index (χ3n) is 2.92. The first-order valence-corrected chi connectivity index (χ1v) is 7.18. The Balaban J connectivity index is 2.24. The number of rotatable bonds is 5. The highest BCUT2D eigenvalue weighted by molar-refractivity contribution is 7.99. The van der Waals surface area contributed by atoms with Crippen molar-refractivity contribution in [1.29, 1.82) is 0 Å². The molecule has 2 rings (SSSR count). The maximum Gasteiger partial charge on any atom is 0.188 e. The van der Waals surface area contributed by atoms with E-state index in [-0.39, 0.29) is 11.3 Å². The molecule has 2 unspecified atom stereocenters. The van der Waals surface area contributed by atoms with Gasteiger partial charge in [0, 0.05) is 36.7 Å². The predicted molar refractivity (Wildman–Crippen MR) is 76.8 cm³/mol. The van der Waals surface area contributed by atoms with Crippen molar-refractivity contribution in [2.75, 3.05) is 0 Å². The van der Waals surface area contributed by atoms with Crippen LogP contribution in [0, 0.1) is 6.92 Å². The summed E-state index contributed by atoms with van der Waals surface area (Å²) < 4.78 is 1.79. The number of nitrogens with two attached hydrogens (primary N) is 1. The van der Waals surface area contributed by atoms with Gasteiger partial charge in [-0.2, -0.15) is 5.10 Å². The molecule has 0 aliphatic heterocycles. The lowest BCUT2D eigenvalue weighted by atomic mass is 10.1. The van der Waals surface area contributed by atoms with Crippen LogP contribution in [0.4, 0.5) is 0 Å². The van der Waals surface area contributed by atoms with E-state index < -0.39 is 0 Å². The van der Waals surface area contributed by atoms with Crippen LogP contribution >= 0.6 is 11.8 Å². The summed E-state index contributed by atoms with van der Waals surface area (Å²) in [5, 5.41) is 5.11. The number of hydrogen-bond acceptors (Lipinski definition) is 5. The first-order valence-electron chi connectivity index (χ1n) is 6.30. The second-order valence-electron chi connectivity index (χ2n) is 4.54. The minimum Gasteiger partial charge on any atom is -0.326 e. The highest BCUT2D eigenvalue weighted by Crippen LogP contribution is 2.36. The molecule has 0 bridgehead atoms. The first kappa shape index (κ1) is 14.0. The average Bonchev–Trinajstić information content (AvgIpc) is 2.81. The van der Waals surface area contributed by atoms with Gasteiger partial charge in [-0.15, -0.1) is 0 Å². The van der Waals surface area contributed by atoms with Crippen LogP contribution in [-0.2, 0) is 7.05 Å². The Morgan fingerprint density at radius 2 is 2.26 bits per heavy atom. The van der Waals surface area contributed by atoms with Gasteiger partial charge < -0.3 is 5.73 Å². The Bertz CT molecular complexity index is 539. The molecule has 0 saturated carbocycles. The van der Waals surface area contributed by atoms with E-state index >= 15 is 0 Å². The fourth-order valence-corrected chi connectivity index (χ4v) is 2.97. The number of hydrogen-bond donors (Lipinski definition) is 1. The van der Waals surface area contributed by atoms with E-state index in [4.69, 9.17) is 5.73 Å². The van der Waals surface area contributed by atoms with Crippen LogP contribution in [-0.4, -0.2) is 25.8 Å². The molecule has 19 heavy (non-hydrogen) atoms. The fraction of sp³-hybridized carbons (Fsp3) is 0.462. The van der Waals surface area contributed by atoms with Crippen molar-refractivity contribution < 1.29 is 0 Å². The van der Waals surface area contributed by atoms with Crippen LogP contribution in [0.15, 0.2) is 29.8 Å². The van der Waals surface area contributed by atoms with Crippen molar-refractivity contribution in [3.63, 3.8) is 0 Å². The molecule has 2 atom stereocenters. The SMILES string of the molecule is CCC(N)C(Sc1nccc(C)n1)c1cnn(C)c1. The zero-order valence-corrected chi connectivity index (χ0v) is 12.3. The summed E-state index contributed by atoms with van der Waals surface area (Å²) in [5.41, 5.74) is 8.31. The molecule has 0 fully saturated rings. The molecule has 5 nitrogen and oxygen atoms in total. The molecule has 6 heteroatoms. The van der Waals surface area contributed by atoms with Crippen molar-refractivity contribution >= 4 is 11.8 Å². The molecule has 102 valence electrons. The van der Waals surface area contributed by atoms with E-state index in [1.165, 1.54) is 0 Å². The molecular formula is C13H19N5S. The van der Waals surface area contributed by atoms with E-state index in [1.807, 2.05) is 32.4 Å². The second-order valence-corrected chi connectivity index (χ2v) is 5.65. The van der Waals surface area contributed by atoms with Crippen molar-refractivity contribution in [3.8, 4) is 0 Å². The summed E-state index contributed by atoms with van der Waals surface area (Å²) >= 11 is 1.60. The second kappa shape index (κ2) is 6.16. The van der Waals surface area contributed by atoms with Crippen LogP contribution in [0.5, 0.6) is 0 Å². The molecule has 2 aromatic heterocycles. The van der Waals surface area contributed by atoms with Crippen molar-refractivity contribution in [2.45, 2.75) is 36.7 Å². The highest BCUT2D eigenvalue weighted by atomic mass is 32.2. The molecule has 0 amide bonds. The molecule has 0 aliphatic carbocycles.